The zero-order chi connectivity index (χ0) is 17.4. The van der Waals surface area contributed by atoms with Gasteiger partial charge in [-0.15, -0.1) is 6.58 Å². The molecule has 0 aliphatic carbocycles. The predicted molar refractivity (Wildman–Crippen MR) is 102 cm³/mol. The summed E-state index contributed by atoms with van der Waals surface area (Å²) in [5, 5.41) is 4.78. The number of hydrogen-bond donors (Lipinski definition) is 1. The number of methoxy groups -OCH3 is 1. The fourth-order valence-electron chi connectivity index (χ4n) is 4.82. The van der Waals surface area contributed by atoms with Crippen molar-refractivity contribution in [3.63, 3.8) is 0 Å². The molecule has 4 heteroatoms. The lowest BCUT2D eigenvalue weighted by Gasteiger charge is -2.51. The first-order valence-electron chi connectivity index (χ1n) is 9.21. The molecule has 0 amide bonds. The minimum absolute atomic E-state index is 0.297. The van der Waals surface area contributed by atoms with Gasteiger partial charge in [-0.05, 0) is 68.1 Å². The molecule has 5 rings (SSSR count). The highest BCUT2D eigenvalue weighted by Crippen LogP contribution is 2.42. The van der Waals surface area contributed by atoms with Crippen molar-refractivity contribution < 1.29 is 4.74 Å². The van der Waals surface area contributed by atoms with Crippen molar-refractivity contribution >= 4 is 10.9 Å². The average molecular weight is 337 g/mol. The van der Waals surface area contributed by atoms with Gasteiger partial charge in [0.2, 0.25) is 0 Å². The Morgan fingerprint density at radius 3 is 2.96 bits per heavy atom. The van der Waals surface area contributed by atoms with Gasteiger partial charge in [0.1, 0.15) is 5.75 Å². The number of piperidine rings is 3. The topological polar surface area (TPSA) is 37.4 Å². The van der Waals surface area contributed by atoms with Gasteiger partial charge in [0.25, 0.3) is 0 Å². The van der Waals surface area contributed by atoms with Crippen molar-refractivity contribution in [1.29, 1.82) is 0 Å². The first-order valence-corrected chi connectivity index (χ1v) is 9.21. The normalized spacial score (nSPS) is 29.5. The number of hydrogen-bond acceptors (Lipinski definition) is 4. The second-order valence-electron chi connectivity index (χ2n) is 7.30. The van der Waals surface area contributed by atoms with Gasteiger partial charge in [0, 0.05) is 30.2 Å². The molecular weight excluding hydrogens is 310 g/mol. The van der Waals surface area contributed by atoms with E-state index in [4.69, 9.17) is 4.74 Å². The van der Waals surface area contributed by atoms with Gasteiger partial charge in [-0.2, -0.15) is 0 Å². The van der Waals surface area contributed by atoms with Crippen LogP contribution in [-0.2, 0) is 0 Å². The molecule has 5 atom stereocenters. The monoisotopic (exact) mass is 337 g/mol. The Balaban J connectivity index is 1.72. The molecule has 3 fully saturated rings. The summed E-state index contributed by atoms with van der Waals surface area (Å²) in [4.78, 5) is 7.19. The SMILES string of the molecule is C=CC1CN2CCC1CC2[C@@H](NC)c1ccnc2ccc(OC)cc12. The number of nitrogens with zero attached hydrogens (tertiary/aromatic N) is 2. The van der Waals surface area contributed by atoms with E-state index < -0.39 is 0 Å². The van der Waals surface area contributed by atoms with Gasteiger partial charge in [0.15, 0.2) is 0 Å². The number of ether oxygens (including phenoxy) is 1. The highest BCUT2D eigenvalue weighted by atomic mass is 16.5. The van der Waals surface area contributed by atoms with Crippen LogP contribution >= 0.6 is 0 Å². The zero-order valence-corrected chi connectivity index (χ0v) is 15.1. The smallest absolute Gasteiger partial charge is 0.119 e. The molecule has 3 saturated heterocycles. The summed E-state index contributed by atoms with van der Waals surface area (Å²) in [5.41, 5.74) is 2.34. The molecular formula is C21H27N3O. The number of benzene rings is 1. The van der Waals surface area contributed by atoms with Gasteiger partial charge < -0.3 is 10.1 Å². The Labute approximate surface area is 149 Å². The van der Waals surface area contributed by atoms with Crippen molar-refractivity contribution in [2.24, 2.45) is 11.8 Å². The molecule has 0 saturated carbocycles. The molecule has 1 N–H and O–H groups in total. The average Bonchev–Trinajstić information content (AvgIpc) is 2.68. The standard InChI is InChI=1S/C21H27N3O/c1-4-14-13-24-10-8-15(14)11-20(24)21(22-2)17-7-9-23-19-6-5-16(25-3)12-18(17)19/h4-7,9,12,14-15,20-22H,1,8,10-11,13H2,2-3H3/t14?,15?,20?,21-/m0/s1. The molecule has 132 valence electrons. The predicted octanol–water partition coefficient (Wildman–Crippen LogP) is 3.40. The Morgan fingerprint density at radius 1 is 1.40 bits per heavy atom. The molecule has 4 heterocycles. The summed E-state index contributed by atoms with van der Waals surface area (Å²) in [7, 11) is 3.79. The van der Waals surface area contributed by atoms with Crippen LogP contribution in [0.15, 0.2) is 43.1 Å². The zero-order valence-electron chi connectivity index (χ0n) is 15.1. The number of rotatable bonds is 5. The first kappa shape index (κ1) is 16.6. The lowest BCUT2D eigenvalue weighted by molar-refractivity contribution is 0.00251. The molecule has 25 heavy (non-hydrogen) atoms. The number of aromatic nitrogens is 1. The Kier molecular flexibility index (Phi) is 4.48. The lowest BCUT2D eigenvalue weighted by atomic mass is 9.73. The lowest BCUT2D eigenvalue weighted by Crippen LogP contribution is -2.56. The van der Waals surface area contributed by atoms with Crippen molar-refractivity contribution in [3.05, 3.63) is 48.7 Å². The fourth-order valence-corrected chi connectivity index (χ4v) is 4.82. The van der Waals surface area contributed by atoms with Crippen LogP contribution < -0.4 is 10.1 Å². The van der Waals surface area contributed by atoms with E-state index in [1.807, 2.05) is 18.3 Å². The van der Waals surface area contributed by atoms with Gasteiger partial charge in [-0.3, -0.25) is 9.88 Å². The summed E-state index contributed by atoms with van der Waals surface area (Å²) < 4.78 is 5.44. The molecule has 0 radical (unpaired) electrons. The third-order valence-electron chi connectivity index (χ3n) is 6.17. The maximum atomic E-state index is 5.44. The quantitative estimate of drug-likeness (QED) is 0.849. The summed E-state index contributed by atoms with van der Waals surface area (Å²) in [6.45, 7) is 6.39. The van der Waals surface area contributed by atoms with E-state index in [0.717, 1.165) is 23.7 Å². The molecule has 4 nitrogen and oxygen atoms in total. The Hall–Kier alpha value is -1.91. The number of fused-ring (bicyclic) bond motifs is 4. The van der Waals surface area contributed by atoms with E-state index in [9.17, 15) is 0 Å². The molecule has 3 aliphatic heterocycles. The second kappa shape index (κ2) is 6.77. The molecule has 0 spiro atoms. The van der Waals surface area contributed by atoms with Gasteiger partial charge >= 0.3 is 0 Å². The Morgan fingerprint density at radius 2 is 2.28 bits per heavy atom. The van der Waals surface area contributed by atoms with E-state index in [2.05, 4.69) is 47.0 Å². The van der Waals surface area contributed by atoms with E-state index in [1.54, 1.807) is 7.11 Å². The molecule has 4 unspecified atom stereocenters. The van der Waals surface area contributed by atoms with Crippen LogP contribution in [-0.4, -0.2) is 43.2 Å². The van der Waals surface area contributed by atoms with Crippen molar-refractivity contribution in [1.82, 2.24) is 15.2 Å². The molecule has 2 bridgehead atoms. The fraction of sp³-hybridized carbons (Fsp3) is 0.476. The summed E-state index contributed by atoms with van der Waals surface area (Å²) >= 11 is 0. The van der Waals surface area contributed by atoms with E-state index >= 15 is 0 Å². The van der Waals surface area contributed by atoms with Gasteiger partial charge in [-0.25, -0.2) is 0 Å². The molecule has 1 aromatic heterocycles. The van der Waals surface area contributed by atoms with Crippen LogP contribution in [0.5, 0.6) is 5.75 Å². The minimum Gasteiger partial charge on any atom is -0.497 e. The maximum Gasteiger partial charge on any atom is 0.119 e. The van der Waals surface area contributed by atoms with Crippen LogP contribution in [0.2, 0.25) is 0 Å². The number of pyridine rings is 1. The van der Waals surface area contributed by atoms with Crippen LogP contribution in [0.3, 0.4) is 0 Å². The molecule has 1 aromatic carbocycles. The van der Waals surface area contributed by atoms with Gasteiger partial charge in [0.05, 0.1) is 12.6 Å². The van der Waals surface area contributed by atoms with Crippen LogP contribution in [0, 0.1) is 11.8 Å². The summed E-state index contributed by atoms with van der Waals surface area (Å²) in [6, 6.07) is 9.13. The van der Waals surface area contributed by atoms with Crippen LogP contribution in [0.1, 0.15) is 24.4 Å². The molecule has 3 aliphatic rings. The highest BCUT2D eigenvalue weighted by Gasteiger charge is 2.42. The number of nitrogens with one attached hydrogen (secondary N) is 1. The van der Waals surface area contributed by atoms with Crippen molar-refractivity contribution in [2.75, 3.05) is 27.2 Å². The minimum atomic E-state index is 0.297. The van der Waals surface area contributed by atoms with Crippen LogP contribution in [0.25, 0.3) is 10.9 Å². The van der Waals surface area contributed by atoms with Crippen LogP contribution in [0.4, 0.5) is 0 Å². The van der Waals surface area contributed by atoms with Crippen molar-refractivity contribution in [2.45, 2.75) is 24.9 Å². The van der Waals surface area contributed by atoms with Gasteiger partial charge in [-0.1, -0.05) is 6.08 Å². The first-order chi connectivity index (χ1) is 12.2. The maximum absolute atomic E-state index is 5.44. The third-order valence-corrected chi connectivity index (χ3v) is 6.17. The van der Waals surface area contributed by atoms with Crippen molar-refractivity contribution in [3.8, 4) is 5.75 Å². The number of likely N-dealkylation sites (N-methyl/N-ethyl adjacent to an activating group) is 1. The summed E-state index contributed by atoms with van der Waals surface area (Å²) in [6.07, 6.45) is 6.62. The van der Waals surface area contributed by atoms with E-state index in [1.165, 1.54) is 30.3 Å². The highest BCUT2D eigenvalue weighted by molar-refractivity contribution is 5.84. The Bertz CT molecular complexity index is 775. The van der Waals surface area contributed by atoms with E-state index in [0.29, 0.717) is 18.0 Å². The third kappa shape index (κ3) is 2.83. The molecule has 2 aromatic rings. The second-order valence-corrected chi connectivity index (χ2v) is 7.30. The summed E-state index contributed by atoms with van der Waals surface area (Å²) in [5.74, 6) is 2.30. The largest absolute Gasteiger partial charge is 0.497 e. The van der Waals surface area contributed by atoms with E-state index in [-0.39, 0.29) is 0 Å².